The van der Waals surface area contributed by atoms with Gasteiger partial charge in [-0.25, -0.2) is 8.70 Å². The van der Waals surface area contributed by atoms with E-state index >= 15 is 0 Å². The van der Waals surface area contributed by atoms with Crippen molar-refractivity contribution in [2.45, 2.75) is 6.92 Å². The van der Waals surface area contributed by atoms with Crippen molar-refractivity contribution in [3.63, 3.8) is 0 Å². The van der Waals surface area contributed by atoms with Gasteiger partial charge in [-0.15, -0.1) is 0 Å². The number of benzene rings is 2. The van der Waals surface area contributed by atoms with Crippen molar-refractivity contribution >= 4 is 43.2 Å². The van der Waals surface area contributed by atoms with Crippen LogP contribution in [0, 0.1) is 11.7 Å². The van der Waals surface area contributed by atoms with Crippen molar-refractivity contribution in [1.82, 2.24) is 0 Å². The van der Waals surface area contributed by atoms with Crippen LogP contribution < -0.4 is 8.61 Å². The predicted molar refractivity (Wildman–Crippen MR) is 94.2 cm³/mol. The third-order valence-corrected chi connectivity index (χ3v) is 6.55. The molecule has 7 heteroatoms. The molecule has 1 atom stereocenters. The molecule has 23 heavy (non-hydrogen) atoms. The van der Waals surface area contributed by atoms with Crippen molar-refractivity contribution in [3.8, 4) is 0 Å². The molecule has 0 unspecified atom stereocenters. The Labute approximate surface area is 143 Å². The number of hydrogen-bond acceptors (Lipinski definition) is 2. The number of alkyl halides is 1. The van der Waals surface area contributed by atoms with Gasteiger partial charge < -0.3 is 0 Å². The number of halogens is 2. The predicted octanol–water partition coefficient (Wildman–Crippen LogP) is 4.06. The van der Waals surface area contributed by atoms with Gasteiger partial charge in [-0.3, -0.25) is 4.31 Å². The minimum Gasteiger partial charge on any atom is -0.251 e. The van der Waals surface area contributed by atoms with Crippen LogP contribution in [-0.4, -0.2) is 20.3 Å². The lowest BCUT2D eigenvalue weighted by Crippen LogP contribution is -2.38. The number of anilines is 3. The number of rotatable bonds is 4. The zero-order valence-electron chi connectivity index (χ0n) is 12.5. The fourth-order valence-electron chi connectivity index (χ4n) is 2.59. The van der Waals surface area contributed by atoms with Crippen LogP contribution in [-0.2, 0) is 10.2 Å². The highest BCUT2D eigenvalue weighted by atomic mass is 79.9. The van der Waals surface area contributed by atoms with E-state index in [2.05, 4.69) is 15.9 Å². The highest BCUT2D eigenvalue weighted by Crippen LogP contribution is 2.46. The second-order valence-corrected chi connectivity index (χ2v) is 7.85. The Morgan fingerprint density at radius 3 is 2.22 bits per heavy atom. The monoisotopic (exact) mass is 398 g/mol. The summed E-state index contributed by atoms with van der Waals surface area (Å²) < 4.78 is 42.7. The Morgan fingerprint density at radius 1 is 1.04 bits per heavy atom. The van der Waals surface area contributed by atoms with Crippen molar-refractivity contribution < 1.29 is 12.8 Å². The Hall–Kier alpha value is -1.60. The van der Waals surface area contributed by atoms with Crippen LogP contribution in [0.3, 0.4) is 0 Å². The van der Waals surface area contributed by atoms with Gasteiger partial charge in [-0.05, 0) is 30.2 Å². The standard InChI is InChI=1S/C16H16BrFN2O2S/c1-12(10-17)11-19-15-8-4-5-9-16(15)20(23(19,21)22)14-7-3-2-6-13(14)18/h2-9,12H,10-11H2,1H3/t12-/m0/s1. The summed E-state index contributed by atoms with van der Waals surface area (Å²) in [7, 11) is -3.86. The zero-order chi connectivity index (χ0) is 16.6. The molecular weight excluding hydrogens is 383 g/mol. The quantitative estimate of drug-likeness (QED) is 0.728. The minimum absolute atomic E-state index is 0.0361. The van der Waals surface area contributed by atoms with Gasteiger partial charge >= 0.3 is 10.2 Å². The molecule has 0 spiro atoms. The summed E-state index contributed by atoms with van der Waals surface area (Å²) in [6.45, 7) is 2.29. The van der Waals surface area contributed by atoms with Gasteiger partial charge in [0, 0.05) is 11.9 Å². The molecule has 2 aromatic carbocycles. The largest absolute Gasteiger partial charge is 0.331 e. The molecule has 1 aliphatic heterocycles. The fourth-order valence-corrected chi connectivity index (χ4v) is 4.64. The Bertz CT molecular complexity index is 828. The first-order valence-corrected chi connectivity index (χ1v) is 9.71. The van der Waals surface area contributed by atoms with Crippen molar-refractivity contribution in [2.75, 3.05) is 20.5 Å². The van der Waals surface area contributed by atoms with E-state index in [9.17, 15) is 12.8 Å². The molecule has 1 aliphatic rings. The maximum absolute atomic E-state index is 14.2. The smallest absolute Gasteiger partial charge is 0.251 e. The molecule has 3 rings (SSSR count). The summed E-state index contributed by atoms with van der Waals surface area (Å²) in [6.07, 6.45) is 0. The summed E-state index contributed by atoms with van der Waals surface area (Å²) in [5.74, 6) is -0.445. The van der Waals surface area contributed by atoms with E-state index < -0.39 is 16.0 Å². The lowest BCUT2D eigenvalue weighted by Gasteiger charge is -2.23. The van der Waals surface area contributed by atoms with Crippen LogP contribution in [0.1, 0.15) is 6.92 Å². The van der Waals surface area contributed by atoms with Gasteiger partial charge in [-0.2, -0.15) is 8.42 Å². The Balaban J connectivity index is 2.17. The van der Waals surface area contributed by atoms with E-state index in [4.69, 9.17) is 0 Å². The highest BCUT2D eigenvalue weighted by Gasteiger charge is 2.42. The lowest BCUT2D eigenvalue weighted by molar-refractivity contribution is 0.581. The summed E-state index contributed by atoms with van der Waals surface area (Å²) in [5, 5.41) is 0.681. The molecule has 0 saturated heterocycles. The van der Waals surface area contributed by atoms with Gasteiger partial charge in [0.05, 0.1) is 17.1 Å². The Morgan fingerprint density at radius 2 is 1.61 bits per heavy atom. The van der Waals surface area contributed by atoms with E-state index in [1.54, 1.807) is 30.3 Å². The maximum Gasteiger partial charge on any atom is 0.331 e. The first-order valence-electron chi connectivity index (χ1n) is 7.19. The molecule has 122 valence electrons. The number of para-hydroxylation sites is 3. The normalized spacial score (nSPS) is 17.2. The van der Waals surface area contributed by atoms with Crippen LogP contribution in [0.2, 0.25) is 0 Å². The first-order chi connectivity index (χ1) is 11.0. The number of nitrogens with zero attached hydrogens (tertiary/aromatic N) is 2. The van der Waals surface area contributed by atoms with Gasteiger partial charge in [0.15, 0.2) is 0 Å². The topological polar surface area (TPSA) is 40.6 Å². The summed E-state index contributed by atoms with van der Waals surface area (Å²) >= 11 is 3.38. The fraction of sp³-hybridized carbons (Fsp3) is 0.250. The molecule has 4 nitrogen and oxygen atoms in total. The molecule has 0 aromatic heterocycles. The van der Waals surface area contributed by atoms with Gasteiger partial charge in [0.25, 0.3) is 0 Å². The second-order valence-electron chi connectivity index (χ2n) is 5.50. The zero-order valence-corrected chi connectivity index (χ0v) is 14.9. The van der Waals surface area contributed by atoms with E-state index in [1.165, 1.54) is 22.5 Å². The molecule has 0 N–H and O–H groups in total. The average Bonchev–Trinajstić information content (AvgIpc) is 2.75. The second kappa shape index (κ2) is 6.13. The molecular formula is C16H16BrFN2O2S. The molecule has 2 aromatic rings. The third-order valence-electron chi connectivity index (χ3n) is 3.69. The van der Waals surface area contributed by atoms with E-state index in [0.29, 0.717) is 23.2 Å². The molecule has 1 heterocycles. The van der Waals surface area contributed by atoms with Crippen LogP contribution in [0.15, 0.2) is 48.5 Å². The van der Waals surface area contributed by atoms with Crippen LogP contribution in [0.5, 0.6) is 0 Å². The van der Waals surface area contributed by atoms with Gasteiger partial charge in [0.2, 0.25) is 0 Å². The number of hydrogen-bond donors (Lipinski definition) is 0. The van der Waals surface area contributed by atoms with Gasteiger partial charge in [0.1, 0.15) is 5.82 Å². The molecule has 0 aliphatic carbocycles. The SMILES string of the molecule is C[C@@H](CBr)CN1c2ccccc2N(c2ccccc2F)S1(=O)=O. The number of fused-ring (bicyclic) bond motifs is 1. The molecule has 0 saturated carbocycles. The summed E-state index contributed by atoms with van der Waals surface area (Å²) in [5.41, 5.74) is 1.08. The van der Waals surface area contributed by atoms with Crippen molar-refractivity contribution in [3.05, 3.63) is 54.3 Å². The van der Waals surface area contributed by atoms with Crippen molar-refractivity contribution in [2.24, 2.45) is 5.92 Å². The van der Waals surface area contributed by atoms with Crippen molar-refractivity contribution in [1.29, 1.82) is 0 Å². The lowest BCUT2D eigenvalue weighted by atomic mass is 10.2. The van der Waals surface area contributed by atoms with Crippen LogP contribution >= 0.6 is 15.9 Å². The van der Waals surface area contributed by atoms with Gasteiger partial charge in [-0.1, -0.05) is 47.1 Å². The Kier molecular flexibility index (Phi) is 4.33. The van der Waals surface area contributed by atoms with Crippen LogP contribution in [0.25, 0.3) is 0 Å². The molecule has 0 amide bonds. The van der Waals surface area contributed by atoms with E-state index in [1.807, 2.05) is 6.92 Å². The minimum atomic E-state index is -3.86. The van der Waals surface area contributed by atoms with E-state index in [-0.39, 0.29) is 11.6 Å². The third kappa shape index (κ3) is 2.72. The van der Waals surface area contributed by atoms with E-state index in [0.717, 1.165) is 4.31 Å². The average molecular weight is 399 g/mol. The maximum atomic E-state index is 14.2. The highest BCUT2D eigenvalue weighted by molar-refractivity contribution is 9.09. The summed E-state index contributed by atoms with van der Waals surface area (Å²) in [4.78, 5) is 0. The molecule has 0 bridgehead atoms. The summed E-state index contributed by atoms with van der Waals surface area (Å²) in [6, 6.07) is 12.9. The van der Waals surface area contributed by atoms with Crippen LogP contribution in [0.4, 0.5) is 21.5 Å². The first kappa shape index (κ1) is 16.3. The molecule has 0 radical (unpaired) electrons. The molecule has 0 fully saturated rings.